The van der Waals surface area contributed by atoms with Gasteiger partial charge in [-0.05, 0) is 36.4 Å². The largest absolute Gasteiger partial charge is 0.283 e. The standard InChI is InChI=1S/C16H15FN2OS2/c1-3-12-8-13-14(22-12)18-16(21-2)19(15(13)20)9-10-4-6-11(17)7-5-10/h4-8H,3,9H2,1-2H3. The number of aromatic nitrogens is 2. The molecule has 0 aliphatic carbocycles. The van der Waals surface area contributed by atoms with E-state index in [1.807, 2.05) is 12.3 Å². The molecule has 22 heavy (non-hydrogen) atoms. The summed E-state index contributed by atoms with van der Waals surface area (Å²) in [5, 5.41) is 1.35. The van der Waals surface area contributed by atoms with Gasteiger partial charge in [-0.3, -0.25) is 9.36 Å². The normalized spacial score (nSPS) is 11.2. The number of thioether (sulfide) groups is 1. The van der Waals surface area contributed by atoms with Crippen molar-refractivity contribution in [2.45, 2.75) is 25.0 Å². The topological polar surface area (TPSA) is 34.9 Å². The number of aryl methyl sites for hydroxylation is 1. The van der Waals surface area contributed by atoms with Crippen molar-refractivity contribution in [3.05, 3.63) is 56.9 Å². The number of benzene rings is 1. The monoisotopic (exact) mass is 334 g/mol. The number of thiophene rings is 1. The van der Waals surface area contributed by atoms with Gasteiger partial charge in [-0.1, -0.05) is 30.8 Å². The summed E-state index contributed by atoms with van der Waals surface area (Å²) in [6, 6.07) is 8.14. The molecule has 0 unspecified atom stereocenters. The molecule has 0 atom stereocenters. The van der Waals surface area contributed by atoms with Gasteiger partial charge in [-0.2, -0.15) is 0 Å². The Labute approximate surface area is 135 Å². The summed E-state index contributed by atoms with van der Waals surface area (Å²) in [5.74, 6) is -0.278. The van der Waals surface area contributed by atoms with Crippen LogP contribution in [0.25, 0.3) is 10.2 Å². The van der Waals surface area contributed by atoms with Crippen LogP contribution in [0.4, 0.5) is 4.39 Å². The minimum Gasteiger partial charge on any atom is -0.283 e. The van der Waals surface area contributed by atoms with Crippen LogP contribution in [-0.2, 0) is 13.0 Å². The molecular weight excluding hydrogens is 319 g/mol. The Balaban J connectivity index is 2.12. The van der Waals surface area contributed by atoms with E-state index in [1.54, 1.807) is 28.0 Å². The van der Waals surface area contributed by atoms with Gasteiger partial charge in [0.1, 0.15) is 10.6 Å². The Morgan fingerprint density at radius 1 is 1.32 bits per heavy atom. The maximum absolute atomic E-state index is 13.0. The molecule has 0 aliphatic heterocycles. The van der Waals surface area contributed by atoms with E-state index in [4.69, 9.17) is 0 Å². The van der Waals surface area contributed by atoms with Crippen molar-refractivity contribution < 1.29 is 4.39 Å². The lowest BCUT2D eigenvalue weighted by Gasteiger charge is -2.10. The van der Waals surface area contributed by atoms with Gasteiger partial charge in [0.15, 0.2) is 5.16 Å². The molecule has 3 rings (SSSR count). The highest BCUT2D eigenvalue weighted by atomic mass is 32.2. The molecule has 6 heteroatoms. The van der Waals surface area contributed by atoms with E-state index >= 15 is 0 Å². The lowest BCUT2D eigenvalue weighted by molar-refractivity contribution is 0.623. The summed E-state index contributed by atoms with van der Waals surface area (Å²) in [7, 11) is 0. The number of fused-ring (bicyclic) bond motifs is 1. The Morgan fingerprint density at radius 2 is 2.05 bits per heavy atom. The van der Waals surface area contributed by atoms with Crippen molar-refractivity contribution in [3.8, 4) is 0 Å². The third-order valence-electron chi connectivity index (χ3n) is 3.45. The minimum atomic E-state index is -0.278. The summed E-state index contributed by atoms with van der Waals surface area (Å²) in [6.45, 7) is 2.47. The minimum absolute atomic E-state index is 0.0328. The van der Waals surface area contributed by atoms with E-state index in [1.165, 1.54) is 23.9 Å². The highest BCUT2D eigenvalue weighted by Crippen LogP contribution is 2.24. The second-order valence-electron chi connectivity index (χ2n) is 4.90. The molecule has 3 nitrogen and oxygen atoms in total. The molecule has 0 saturated carbocycles. The molecule has 2 aromatic heterocycles. The van der Waals surface area contributed by atoms with Crippen molar-refractivity contribution in [3.63, 3.8) is 0 Å². The van der Waals surface area contributed by atoms with Crippen molar-refractivity contribution in [1.82, 2.24) is 9.55 Å². The molecule has 1 aromatic carbocycles. The number of nitrogens with zero attached hydrogens (tertiary/aromatic N) is 2. The van der Waals surface area contributed by atoms with E-state index in [0.29, 0.717) is 17.1 Å². The van der Waals surface area contributed by atoms with Gasteiger partial charge >= 0.3 is 0 Å². The highest BCUT2D eigenvalue weighted by molar-refractivity contribution is 7.98. The predicted octanol–water partition coefficient (Wildman–Crippen LogP) is 3.93. The molecule has 2 heterocycles. The number of rotatable bonds is 4. The van der Waals surface area contributed by atoms with Gasteiger partial charge in [-0.15, -0.1) is 11.3 Å². The van der Waals surface area contributed by atoms with Gasteiger partial charge < -0.3 is 0 Å². The van der Waals surface area contributed by atoms with Gasteiger partial charge in [0.25, 0.3) is 5.56 Å². The van der Waals surface area contributed by atoms with E-state index in [2.05, 4.69) is 11.9 Å². The lowest BCUT2D eigenvalue weighted by atomic mass is 10.2. The zero-order valence-corrected chi connectivity index (χ0v) is 13.9. The fraction of sp³-hybridized carbons (Fsp3) is 0.250. The first kappa shape index (κ1) is 15.2. The van der Waals surface area contributed by atoms with Crippen molar-refractivity contribution in [1.29, 1.82) is 0 Å². The smallest absolute Gasteiger partial charge is 0.263 e. The van der Waals surface area contributed by atoms with Crippen LogP contribution in [0, 0.1) is 5.82 Å². The summed E-state index contributed by atoms with van der Waals surface area (Å²) >= 11 is 3.02. The van der Waals surface area contributed by atoms with Crippen LogP contribution in [0.5, 0.6) is 0 Å². The Hall–Kier alpha value is -1.66. The molecule has 0 spiro atoms. The zero-order valence-electron chi connectivity index (χ0n) is 12.3. The quantitative estimate of drug-likeness (QED) is 0.536. The van der Waals surface area contributed by atoms with Crippen molar-refractivity contribution in [2.75, 3.05) is 6.26 Å². The Bertz CT molecular complexity index is 868. The second kappa shape index (κ2) is 6.22. The van der Waals surface area contributed by atoms with Crippen LogP contribution in [0.15, 0.2) is 40.3 Å². The summed E-state index contributed by atoms with van der Waals surface area (Å²) in [4.78, 5) is 19.3. The lowest BCUT2D eigenvalue weighted by Crippen LogP contribution is -2.23. The van der Waals surface area contributed by atoms with Crippen LogP contribution >= 0.6 is 23.1 Å². The van der Waals surface area contributed by atoms with Crippen LogP contribution in [0.2, 0.25) is 0 Å². The maximum Gasteiger partial charge on any atom is 0.263 e. The molecular formula is C16H15FN2OS2. The second-order valence-corrected chi connectivity index (χ2v) is 6.79. The highest BCUT2D eigenvalue weighted by Gasteiger charge is 2.13. The van der Waals surface area contributed by atoms with Crippen LogP contribution in [0.3, 0.4) is 0 Å². The van der Waals surface area contributed by atoms with Crippen LogP contribution < -0.4 is 5.56 Å². The zero-order chi connectivity index (χ0) is 15.7. The number of hydrogen-bond acceptors (Lipinski definition) is 4. The number of halogens is 1. The molecule has 0 fully saturated rings. The van der Waals surface area contributed by atoms with Gasteiger partial charge in [0.2, 0.25) is 0 Å². The van der Waals surface area contributed by atoms with Gasteiger partial charge in [0.05, 0.1) is 11.9 Å². The summed E-state index contributed by atoms with van der Waals surface area (Å²) in [5.41, 5.74) is 0.848. The van der Waals surface area contributed by atoms with Crippen molar-refractivity contribution >= 4 is 33.3 Å². The first-order valence-corrected chi connectivity index (χ1v) is 8.98. The van der Waals surface area contributed by atoms with Crippen LogP contribution in [-0.4, -0.2) is 15.8 Å². The van der Waals surface area contributed by atoms with Gasteiger partial charge in [0, 0.05) is 4.88 Å². The van der Waals surface area contributed by atoms with Gasteiger partial charge in [-0.25, -0.2) is 9.37 Å². The molecule has 0 saturated heterocycles. The average Bonchev–Trinajstić information content (AvgIpc) is 2.95. The molecule has 0 aliphatic rings. The molecule has 0 bridgehead atoms. The summed E-state index contributed by atoms with van der Waals surface area (Å²) in [6.07, 6.45) is 2.80. The van der Waals surface area contributed by atoms with Crippen LogP contribution in [0.1, 0.15) is 17.4 Å². The Kier molecular flexibility index (Phi) is 4.31. The predicted molar refractivity (Wildman–Crippen MR) is 90.5 cm³/mol. The molecule has 0 amide bonds. The first-order valence-electron chi connectivity index (χ1n) is 6.94. The average molecular weight is 334 g/mol. The van der Waals surface area contributed by atoms with E-state index in [0.717, 1.165) is 21.7 Å². The third-order valence-corrected chi connectivity index (χ3v) is 5.30. The van der Waals surface area contributed by atoms with E-state index < -0.39 is 0 Å². The molecule has 0 N–H and O–H groups in total. The Morgan fingerprint density at radius 3 is 2.68 bits per heavy atom. The van der Waals surface area contributed by atoms with E-state index in [9.17, 15) is 9.18 Å². The maximum atomic E-state index is 13.0. The number of hydrogen-bond donors (Lipinski definition) is 0. The summed E-state index contributed by atoms with van der Waals surface area (Å²) < 4.78 is 14.7. The molecule has 0 radical (unpaired) electrons. The SMILES string of the molecule is CCc1cc2c(=O)n(Cc3ccc(F)cc3)c(SC)nc2s1. The molecule has 114 valence electrons. The van der Waals surface area contributed by atoms with E-state index in [-0.39, 0.29) is 11.4 Å². The molecule has 3 aromatic rings. The first-order chi connectivity index (χ1) is 10.6. The third kappa shape index (κ3) is 2.80. The van der Waals surface area contributed by atoms with Crippen molar-refractivity contribution in [2.24, 2.45) is 0 Å². The fourth-order valence-electron chi connectivity index (χ4n) is 2.29. The fourth-order valence-corrected chi connectivity index (χ4v) is 3.85.